The van der Waals surface area contributed by atoms with Gasteiger partial charge in [0.05, 0.1) is 22.1 Å². The number of halogens is 1. The number of para-hydroxylation sites is 1. The van der Waals surface area contributed by atoms with E-state index in [-0.39, 0.29) is 0 Å². The average Bonchev–Trinajstić information content (AvgIpc) is 2.71. The van der Waals surface area contributed by atoms with Crippen LogP contribution in [0.2, 0.25) is 5.02 Å². The third-order valence-electron chi connectivity index (χ3n) is 3.73. The Hall–Kier alpha value is -2.45. The Kier molecular flexibility index (Phi) is 4.02. The van der Waals surface area contributed by atoms with Crippen molar-refractivity contribution < 1.29 is 13.2 Å². The van der Waals surface area contributed by atoms with Gasteiger partial charge >= 0.3 is 16.2 Å². The molecular weight excluding hydrogens is 352 g/mol. The maximum absolute atomic E-state index is 12.1. The van der Waals surface area contributed by atoms with Gasteiger partial charge in [0, 0.05) is 19.8 Å². The molecule has 1 aliphatic heterocycles. The number of hydrogen-bond donors (Lipinski definition) is 2. The van der Waals surface area contributed by atoms with Gasteiger partial charge in [-0.05, 0) is 30.3 Å². The summed E-state index contributed by atoms with van der Waals surface area (Å²) in [6, 6.07) is 11.3. The van der Waals surface area contributed by atoms with Crippen LogP contribution >= 0.6 is 11.6 Å². The van der Waals surface area contributed by atoms with Gasteiger partial charge in [-0.15, -0.1) is 0 Å². The van der Waals surface area contributed by atoms with Gasteiger partial charge in [0.25, 0.3) is 0 Å². The topological polar surface area (TPSA) is 81.8 Å². The van der Waals surface area contributed by atoms with E-state index in [9.17, 15) is 13.2 Å². The molecular formula is C15H15ClN4O3S. The number of carbonyl (C=O) groups excluding carboxylic acids is 1. The van der Waals surface area contributed by atoms with E-state index in [2.05, 4.69) is 10.6 Å². The van der Waals surface area contributed by atoms with Crippen LogP contribution in [-0.2, 0) is 10.2 Å². The number of amides is 2. The first kappa shape index (κ1) is 16.4. The van der Waals surface area contributed by atoms with Crippen LogP contribution in [0.15, 0.2) is 42.5 Å². The SMILES string of the molecule is CN1c2ccc(NC(=O)Nc3ccccc3Cl)cc2N(C)S1(=O)=O. The van der Waals surface area contributed by atoms with Gasteiger partial charge in [-0.1, -0.05) is 23.7 Å². The molecule has 3 rings (SSSR count). The molecule has 0 spiro atoms. The molecule has 0 saturated carbocycles. The van der Waals surface area contributed by atoms with Gasteiger partial charge in [0.15, 0.2) is 0 Å². The minimum absolute atomic E-state index is 0.425. The number of hydrogen-bond acceptors (Lipinski definition) is 3. The summed E-state index contributed by atoms with van der Waals surface area (Å²) in [5.74, 6) is 0. The molecule has 24 heavy (non-hydrogen) atoms. The molecule has 2 N–H and O–H groups in total. The van der Waals surface area contributed by atoms with Crippen molar-refractivity contribution in [1.82, 2.24) is 0 Å². The van der Waals surface area contributed by atoms with E-state index in [1.165, 1.54) is 22.7 Å². The van der Waals surface area contributed by atoms with Crippen LogP contribution in [0, 0.1) is 0 Å². The van der Waals surface area contributed by atoms with Crippen molar-refractivity contribution in [2.75, 3.05) is 33.3 Å². The highest BCUT2D eigenvalue weighted by atomic mass is 35.5. The predicted octanol–water partition coefficient (Wildman–Crippen LogP) is 3.11. The van der Waals surface area contributed by atoms with Gasteiger partial charge < -0.3 is 10.6 Å². The Balaban J connectivity index is 1.80. The molecule has 0 saturated heterocycles. The minimum atomic E-state index is -3.54. The second kappa shape index (κ2) is 5.88. The van der Waals surface area contributed by atoms with Gasteiger partial charge in [0.2, 0.25) is 0 Å². The molecule has 1 heterocycles. The van der Waals surface area contributed by atoms with Crippen LogP contribution in [0.25, 0.3) is 0 Å². The highest BCUT2D eigenvalue weighted by Crippen LogP contribution is 2.40. The summed E-state index contributed by atoms with van der Waals surface area (Å²) in [5, 5.41) is 5.72. The van der Waals surface area contributed by atoms with Crippen molar-refractivity contribution in [3.63, 3.8) is 0 Å². The van der Waals surface area contributed by atoms with E-state index in [1.807, 2.05) is 0 Å². The number of benzene rings is 2. The van der Waals surface area contributed by atoms with Crippen LogP contribution in [0.3, 0.4) is 0 Å². The summed E-state index contributed by atoms with van der Waals surface area (Å²) in [4.78, 5) is 12.1. The molecule has 0 atom stereocenters. The van der Waals surface area contributed by atoms with Gasteiger partial charge in [-0.25, -0.2) is 4.79 Å². The maximum atomic E-state index is 12.1. The molecule has 126 valence electrons. The fourth-order valence-electron chi connectivity index (χ4n) is 2.40. The fraction of sp³-hybridized carbons (Fsp3) is 0.133. The molecule has 1 aliphatic rings. The summed E-state index contributed by atoms with van der Waals surface area (Å²) in [6.07, 6.45) is 0. The molecule has 7 nitrogen and oxygen atoms in total. The van der Waals surface area contributed by atoms with Crippen molar-refractivity contribution in [2.45, 2.75) is 0 Å². The Bertz CT molecular complexity index is 917. The van der Waals surface area contributed by atoms with Crippen molar-refractivity contribution in [1.29, 1.82) is 0 Å². The molecule has 2 amide bonds. The first-order chi connectivity index (χ1) is 11.3. The first-order valence-electron chi connectivity index (χ1n) is 7.00. The summed E-state index contributed by atoms with van der Waals surface area (Å²) < 4.78 is 26.6. The predicted molar refractivity (Wildman–Crippen MR) is 96.3 cm³/mol. The lowest BCUT2D eigenvalue weighted by Gasteiger charge is -2.13. The number of fused-ring (bicyclic) bond motifs is 1. The molecule has 0 aromatic heterocycles. The second-order valence-electron chi connectivity index (χ2n) is 5.21. The number of rotatable bonds is 2. The zero-order chi connectivity index (χ0) is 17.5. The molecule has 0 unspecified atom stereocenters. The Morgan fingerprint density at radius 2 is 1.67 bits per heavy atom. The smallest absolute Gasteiger partial charge is 0.308 e. The quantitative estimate of drug-likeness (QED) is 0.856. The van der Waals surface area contributed by atoms with E-state index < -0.39 is 16.2 Å². The zero-order valence-corrected chi connectivity index (χ0v) is 14.5. The lowest BCUT2D eigenvalue weighted by Crippen LogP contribution is -2.32. The fourth-order valence-corrected chi connectivity index (χ4v) is 3.75. The number of nitrogens with one attached hydrogen (secondary N) is 2. The highest BCUT2D eigenvalue weighted by molar-refractivity contribution is 7.94. The largest absolute Gasteiger partial charge is 0.326 e. The summed E-state index contributed by atoms with van der Waals surface area (Å²) in [5.41, 5.74) is 2.00. The van der Waals surface area contributed by atoms with E-state index in [1.54, 1.807) is 42.5 Å². The summed E-state index contributed by atoms with van der Waals surface area (Å²) in [6.45, 7) is 0. The van der Waals surface area contributed by atoms with Crippen molar-refractivity contribution in [2.24, 2.45) is 0 Å². The second-order valence-corrected chi connectivity index (χ2v) is 7.60. The molecule has 9 heteroatoms. The van der Waals surface area contributed by atoms with E-state index in [4.69, 9.17) is 11.6 Å². The number of nitrogens with zero attached hydrogens (tertiary/aromatic N) is 2. The van der Waals surface area contributed by atoms with Crippen molar-refractivity contribution in [3.8, 4) is 0 Å². The number of anilines is 4. The van der Waals surface area contributed by atoms with E-state index in [0.717, 1.165) is 0 Å². The zero-order valence-electron chi connectivity index (χ0n) is 12.9. The van der Waals surface area contributed by atoms with Crippen LogP contribution in [0.5, 0.6) is 0 Å². The number of urea groups is 1. The molecule has 0 aliphatic carbocycles. The molecule has 0 radical (unpaired) electrons. The number of carbonyl (C=O) groups is 1. The third kappa shape index (κ3) is 2.74. The lowest BCUT2D eigenvalue weighted by atomic mass is 10.2. The van der Waals surface area contributed by atoms with Crippen molar-refractivity contribution in [3.05, 3.63) is 47.5 Å². The molecule has 2 aromatic carbocycles. The Morgan fingerprint density at radius 3 is 2.38 bits per heavy atom. The maximum Gasteiger partial charge on any atom is 0.326 e. The van der Waals surface area contributed by atoms with Crippen LogP contribution in [0.4, 0.5) is 27.5 Å². The van der Waals surface area contributed by atoms with Crippen LogP contribution < -0.4 is 19.2 Å². The van der Waals surface area contributed by atoms with Crippen LogP contribution in [-0.4, -0.2) is 28.5 Å². The minimum Gasteiger partial charge on any atom is -0.308 e. The normalized spacial score (nSPS) is 15.1. The highest BCUT2D eigenvalue weighted by Gasteiger charge is 2.35. The Morgan fingerprint density at radius 1 is 1.00 bits per heavy atom. The van der Waals surface area contributed by atoms with E-state index >= 15 is 0 Å². The van der Waals surface area contributed by atoms with E-state index in [0.29, 0.717) is 27.8 Å². The third-order valence-corrected chi connectivity index (χ3v) is 5.83. The standard InChI is InChI=1S/C15H15ClN4O3S/c1-19-13-8-7-10(9-14(13)20(2)24(19,22)23)17-15(21)18-12-6-4-3-5-11(12)16/h3-9H,1-2H3,(H2,17,18,21). The van der Waals surface area contributed by atoms with Gasteiger partial charge in [-0.2, -0.15) is 8.42 Å². The Labute approximate surface area is 145 Å². The van der Waals surface area contributed by atoms with Gasteiger partial charge in [0.1, 0.15) is 0 Å². The van der Waals surface area contributed by atoms with Gasteiger partial charge in [-0.3, -0.25) is 8.61 Å². The first-order valence-corrected chi connectivity index (χ1v) is 8.77. The molecule has 0 fully saturated rings. The summed E-state index contributed by atoms with van der Waals surface area (Å²) in [7, 11) is -0.597. The molecule has 0 bridgehead atoms. The average molecular weight is 367 g/mol. The summed E-state index contributed by atoms with van der Waals surface area (Å²) >= 11 is 5.99. The monoisotopic (exact) mass is 366 g/mol. The van der Waals surface area contributed by atoms with Crippen molar-refractivity contribution >= 4 is 50.6 Å². The lowest BCUT2D eigenvalue weighted by molar-refractivity contribution is 0.262. The van der Waals surface area contributed by atoms with Crippen LogP contribution in [0.1, 0.15) is 0 Å². The molecule has 2 aromatic rings.